The molecular weight excluding hydrogens is 298 g/mol. The Morgan fingerprint density at radius 1 is 1.05 bits per heavy atom. The Balaban J connectivity index is 2.07. The molecule has 5 nitrogen and oxygen atoms in total. The van der Waals surface area contributed by atoms with Crippen molar-refractivity contribution in [1.82, 2.24) is 9.29 Å². The summed E-state index contributed by atoms with van der Waals surface area (Å²) in [4.78, 5) is 4.42. The molecule has 1 heterocycles. The van der Waals surface area contributed by atoms with Gasteiger partial charge in [0.2, 0.25) is 10.0 Å². The number of hydrogen-bond donors (Lipinski definition) is 1. The lowest BCUT2D eigenvalue weighted by Gasteiger charge is -2.18. The second-order valence-electron chi connectivity index (χ2n) is 4.81. The zero-order chi connectivity index (χ0) is 16.0. The van der Waals surface area contributed by atoms with Crippen LogP contribution in [0.1, 0.15) is 19.4 Å². The molecule has 2 aromatic rings. The van der Waals surface area contributed by atoms with Crippen molar-refractivity contribution >= 4 is 15.8 Å². The molecule has 0 bridgehead atoms. The largest absolute Gasteiger partial charge is 0.366 e. The fourth-order valence-electron chi connectivity index (χ4n) is 2.14. The van der Waals surface area contributed by atoms with Crippen LogP contribution in [0.2, 0.25) is 0 Å². The molecule has 1 aromatic carbocycles. The predicted octanol–water partition coefficient (Wildman–Crippen LogP) is 2.72. The lowest BCUT2D eigenvalue weighted by Crippen LogP contribution is -2.30. The first-order valence-corrected chi connectivity index (χ1v) is 8.76. The van der Waals surface area contributed by atoms with E-state index < -0.39 is 10.0 Å². The number of anilines is 1. The van der Waals surface area contributed by atoms with E-state index in [-0.39, 0.29) is 4.90 Å². The van der Waals surface area contributed by atoms with Crippen LogP contribution in [-0.4, -0.2) is 30.8 Å². The van der Waals surface area contributed by atoms with Crippen LogP contribution in [0.5, 0.6) is 0 Å². The highest BCUT2D eigenvalue weighted by atomic mass is 32.2. The van der Waals surface area contributed by atoms with Crippen molar-refractivity contribution in [3.63, 3.8) is 0 Å². The van der Waals surface area contributed by atoms with Crippen molar-refractivity contribution in [3.05, 3.63) is 54.2 Å². The van der Waals surface area contributed by atoms with Crippen molar-refractivity contribution < 1.29 is 8.42 Å². The molecule has 6 heteroatoms. The molecule has 0 saturated heterocycles. The maximum atomic E-state index is 12.4. The van der Waals surface area contributed by atoms with E-state index in [2.05, 4.69) is 10.3 Å². The number of nitrogens with one attached hydrogen (secondary N) is 1. The molecule has 0 amide bonds. The molecule has 1 aromatic heterocycles. The van der Waals surface area contributed by atoms with E-state index in [1.807, 2.05) is 44.2 Å². The first-order chi connectivity index (χ1) is 10.6. The van der Waals surface area contributed by atoms with Crippen LogP contribution in [-0.2, 0) is 16.6 Å². The number of hydrogen-bond acceptors (Lipinski definition) is 4. The van der Waals surface area contributed by atoms with Gasteiger partial charge in [-0.1, -0.05) is 44.2 Å². The number of rotatable bonds is 7. The van der Waals surface area contributed by atoms with Gasteiger partial charge in [-0.15, -0.1) is 0 Å². The Bertz CT molecular complexity index is 681. The lowest BCUT2D eigenvalue weighted by molar-refractivity contribution is 0.445. The van der Waals surface area contributed by atoms with Gasteiger partial charge in [-0.25, -0.2) is 13.4 Å². The topological polar surface area (TPSA) is 62.3 Å². The first-order valence-electron chi connectivity index (χ1n) is 7.32. The summed E-state index contributed by atoms with van der Waals surface area (Å²) in [5, 5.41) is 3.18. The minimum atomic E-state index is -3.44. The van der Waals surface area contributed by atoms with Gasteiger partial charge in [0.25, 0.3) is 0 Å². The fraction of sp³-hybridized carbons (Fsp3) is 0.312. The van der Waals surface area contributed by atoms with Crippen LogP contribution in [0, 0.1) is 0 Å². The van der Waals surface area contributed by atoms with Crippen LogP contribution in [0.15, 0.2) is 53.6 Å². The molecule has 0 saturated carbocycles. The number of benzene rings is 1. The highest BCUT2D eigenvalue weighted by molar-refractivity contribution is 7.89. The molecule has 0 radical (unpaired) electrons. The standard InChI is InChI=1S/C16H21N3O2S/c1-3-19(4-2)22(20,21)15-10-11-16(18-13-15)17-12-14-8-6-5-7-9-14/h5-11,13H,3-4,12H2,1-2H3,(H,17,18). The van der Waals surface area contributed by atoms with Gasteiger partial charge in [0.15, 0.2) is 0 Å². The van der Waals surface area contributed by atoms with Gasteiger partial charge in [-0.05, 0) is 17.7 Å². The van der Waals surface area contributed by atoms with Crippen molar-refractivity contribution in [3.8, 4) is 0 Å². The Labute approximate surface area is 132 Å². The van der Waals surface area contributed by atoms with Crippen LogP contribution in [0.25, 0.3) is 0 Å². The minimum absolute atomic E-state index is 0.224. The quantitative estimate of drug-likeness (QED) is 0.852. The molecule has 0 fully saturated rings. The van der Waals surface area contributed by atoms with E-state index in [4.69, 9.17) is 0 Å². The van der Waals surface area contributed by atoms with Gasteiger partial charge in [0.05, 0.1) is 0 Å². The number of sulfonamides is 1. The molecule has 118 valence electrons. The van der Waals surface area contributed by atoms with Crippen molar-refractivity contribution in [2.24, 2.45) is 0 Å². The van der Waals surface area contributed by atoms with Crippen LogP contribution in [0.3, 0.4) is 0 Å². The van der Waals surface area contributed by atoms with E-state index in [1.54, 1.807) is 12.1 Å². The third kappa shape index (κ3) is 3.84. The monoisotopic (exact) mass is 319 g/mol. The molecule has 0 unspecified atom stereocenters. The van der Waals surface area contributed by atoms with Crippen molar-refractivity contribution in [1.29, 1.82) is 0 Å². The van der Waals surface area contributed by atoms with Gasteiger partial charge >= 0.3 is 0 Å². The minimum Gasteiger partial charge on any atom is -0.366 e. The van der Waals surface area contributed by atoms with Gasteiger partial charge in [0.1, 0.15) is 10.7 Å². The van der Waals surface area contributed by atoms with Crippen LogP contribution < -0.4 is 5.32 Å². The van der Waals surface area contributed by atoms with Gasteiger partial charge in [-0.2, -0.15) is 4.31 Å². The molecule has 0 atom stereocenters. The van der Waals surface area contributed by atoms with Crippen LogP contribution >= 0.6 is 0 Å². The Morgan fingerprint density at radius 3 is 2.27 bits per heavy atom. The summed E-state index contributed by atoms with van der Waals surface area (Å²) in [5.74, 6) is 0.655. The SMILES string of the molecule is CCN(CC)S(=O)(=O)c1ccc(NCc2ccccc2)nc1. The molecule has 22 heavy (non-hydrogen) atoms. The zero-order valence-electron chi connectivity index (χ0n) is 12.9. The lowest BCUT2D eigenvalue weighted by atomic mass is 10.2. The third-order valence-corrected chi connectivity index (χ3v) is 5.43. The summed E-state index contributed by atoms with van der Waals surface area (Å²) in [6.45, 7) is 5.20. The zero-order valence-corrected chi connectivity index (χ0v) is 13.7. The van der Waals surface area contributed by atoms with Gasteiger partial charge in [-0.3, -0.25) is 0 Å². The Kier molecular flexibility index (Phi) is 5.51. The summed E-state index contributed by atoms with van der Waals surface area (Å²) in [6.07, 6.45) is 1.40. The van der Waals surface area contributed by atoms with Crippen molar-refractivity contribution in [2.75, 3.05) is 18.4 Å². The highest BCUT2D eigenvalue weighted by Crippen LogP contribution is 2.16. The van der Waals surface area contributed by atoms with E-state index >= 15 is 0 Å². The normalized spacial score (nSPS) is 11.6. The summed E-state index contributed by atoms with van der Waals surface area (Å²) in [7, 11) is -3.44. The smallest absolute Gasteiger partial charge is 0.244 e. The van der Waals surface area contributed by atoms with E-state index in [1.165, 1.54) is 10.5 Å². The second-order valence-corrected chi connectivity index (χ2v) is 6.75. The maximum absolute atomic E-state index is 12.4. The average Bonchev–Trinajstić information content (AvgIpc) is 2.55. The average molecular weight is 319 g/mol. The summed E-state index contributed by atoms with van der Waals surface area (Å²) >= 11 is 0. The summed E-state index contributed by atoms with van der Waals surface area (Å²) in [6, 6.07) is 13.2. The van der Waals surface area contributed by atoms with Crippen molar-refractivity contribution in [2.45, 2.75) is 25.3 Å². The molecule has 1 N–H and O–H groups in total. The predicted molar refractivity (Wildman–Crippen MR) is 88.1 cm³/mol. The summed E-state index contributed by atoms with van der Waals surface area (Å²) < 4.78 is 26.1. The molecule has 2 rings (SSSR count). The molecule has 0 aliphatic rings. The van der Waals surface area contributed by atoms with Crippen LogP contribution in [0.4, 0.5) is 5.82 Å². The van der Waals surface area contributed by atoms with E-state index in [9.17, 15) is 8.42 Å². The number of pyridine rings is 1. The third-order valence-electron chi connectivity index (χ3n) is 3.40. The molecular formula is C16H21N3O2S. The van der Waals surface area contributed by atoms with E-state index in [0.29, 0.717) is 25.5 Å². The van der Waals surface area contributed by atoms with Gasteiger partial charge < -0.3 is 5.32 Å². The Hall–Kier alpha value is -1.92. The second kappa shape index (κ2) is 7.38. The highest BCUT2D eigenvalue weighted by Gasteiger charge is 2.21. The van der Waals surface area contributed by atoms with Gasteiger partial charge in [0, 0.05) is 25.8 Å². The first kappa shape index (κ1) is 16.5. The molecule has 0 aliphatic heterocycles. The molecule has 0 aliphatic carbocycles. The Morgan fingerprint density at radius 2 is 1.73 bits per heavy atom. The summed E-state index contributed by atoms with van der Waals surface area (Å²) in [5.41, 5.74) is 1.14. The number of aromatic nitrogens is 1. The maximum Gasteiger partial charge on any atom is 0.244 e. The molecule has 0 spiro atoms. The fourth-order valence-corrected chi connectivity index (χ4v) is 3.54. The van der Waals surface area contributed by atoms with E-state index in [0.717, 1.165) is 5.56 Å². The number of nitrogens with zero attached hydrogens (tertiary/aromatic N) is 2.